The van der Waals surface area contributed by atoms with Crippen molar-refractivity contribution in [2.45, 2.75) is 26.3 Å². The van der Waals surface area contributed by atoms with Crippen molar-refractivity contribution in [1.82, 2.24) is 15.1 Å². The molecule has 0 fully saturated rings. The minimum Gasteiger partial charge on any atom is -0.419 e. The number of benzene rings is 1. The maximum Gasteiger partial charge on any atom is 0.247 e. The molecule has 5 heteroatoms. The Morgan fingerprint density at radius 3 is 2.62 bits per heavy atom. The predicted molar refractivity (Wildman–Crippen MR) is 82.0 cm³/mol. The Kier molecular flexibility index (Phi) is 5.47. The highest BCUT2D eigenvalue weighted by Crippen LogP contribution is 2.23. The topological polar surface area (TPSA) is 51.4 Å². The van der Waals surface area contributed by atoms with Gasteiger partial charge >= 0.3 is 0 Å². The van der Waals surface area contributed by atoms with Crippen molar-refractivity contribution < 1.29 is 9.15 Å². The SMILES string of the molecule is COCCCN(C)C(C)c1nnc(-c2ccc(C)cc2)o1. The summed E-state index contributed by atoms with van der Waals surface area (Å²) < 4.78 is 10.9. The van der Waals surface area contributed by atoms with Crippen LogP contribution in [0.1, 0.15) is 30.8 Å². The van der Waals surface area contributed by atoms with Crippen LogP contribution in [0.2, 0.25) is 0 Å². The van der Waals surface area contributed by atoms with Gasteiger partial charge in [0.2, 0.25) is 11.8 Å². The van der Waals surface area contributed by atoms with Crippen molar-refractivity contribution in [3.05, 3.63) is 35.7 Å². The third kappa shape index (κ3) is 4.12. The number of nitrogens with zero attached hydrogens (tertiary/aromatic N) is 3. The van der Waals surface area contributed by atoms with E-state index in [0.717, 1.165) is 25.1 Å². The Hall–Kier alpha value is -1.72. The summed E-state index contributed by atoms with van der Waals surface area (Å²) in [5.74, 6) is 1.22. The van der Waals surface area contributed by atoms with Crippen LogP contribution >= 0.6 is 0 Å². The van der Waals surface area contributed by atoms with E-state index in [1.165, 1.54) is 5.56 Å². The Morgan fingerprint density at radius 1 is 1.24 bits per heavy atom. The van der Waals surface area contributed by atoms with Crippen molar-refractivity contribution in [2.24, 2.45) is 0 Å². The third-order valence-corrected chi connectivity index (χ3v) is 3.62. The summed E-state index contributed by atoms with van der Waals surface area (Å²) >= 11 is 0. The Bertz CT molecular complexity index is 551. The lowest BCUT2D eigenvalue weighted by atomic mass is 10.1. The molecule has 114 valence electrons. The standard InChI is InChI=1S/C16H23N3O2/c1-12-6-8-14(9-7-12)16-18-17-15(21-16)13(2)19(3)10-5-11-20-4/h6-9,13H,5,10-11H2,1-4H3. The van der Waals surface area contributed by atoms with Crippen LogP contribution in [0.3, 0.4) is 0 Å². The van der Waals surface area contributed by atoms with E-state index >= 15 is 0 Å². The monoisotopic (exact) mass is 289 g/mol. The number of methoxy groups -OCH3 is 1. The van der Waals surface area contributed by atoms with Gasteiger partial charge in [-0.15, -0.1) is 10.2 Å². The van der Waals surface area contributed by atoms with Gasteiger partial charge in [0.15, 0.2) is 0 Å². The van der Waals surface area contributed by atoms with Gasteiger partial charge in [0.25, 0.3) is 0 Å². The second-order valence-corrected chi connectivity index (χ2v) is 5.31. The molecule has 0 radical (unpaired) electrons. The fourth-order valence-corrected chi connectivity index (χ4v) is 2.06. The second-order valence-electron chi connectivity index (χ2n) is 5.31. The molecule has 1 aromatic heterocycles. The van der Waals surface area contributed by atoms with Gasteiger partial charge < -0.3 is 9.15 Å². The third-order valence-electron chi connectivity index (χ3n) is 3.62. The van der Waals surface area contributed by atoms with Crippen LogP contribution in [0.5, 0.6) is 0 Å². The van der Waals surface area contributed by atoms with Crippen molar-refractivity contribution in [2.75, 3.05) is 27.3 Å². The average Bonchev–Trinajstić information content (AvgIpc) is 2.97. The molecule has 5 nitrogen and oxygen atoms in total. The van der Waals surface area contributed by atoms with Gasteiger partial charge in [-0.25, -0.2) is 0 Å². The minimum atomic E-state index is 0.0913. The number of aryl methyl sites for hydroxylation is 1. The number of hydrogen-bond donors (Lipinski definition) is 0. The van der Waals surface area contributed by atoms with Crippen LogP contribution in [-0.4, -0.2) is 42.4 Å². The molecular formula is C16H23N3O2. The van der Waals surface area contributed by atoms with E-state index in [0.29, 0.717) is 11.8 Å². The lowest BCUT2D eigenvalue weighted by molar-refractivity contribution is 0.161. The molecule has 0 saturated carbocycles. The van der Waals surface area contributed by atoms with Crippen LogP contribution in [0, 0.1) is 6.92 Å². The zero-order chi connectivity index (χ0) is 15.2. The van der Waals surface area contributed by atoms with Crippen molar-refractivity contribution in [3.63, 3.8) is 0 Å². The first-order chi connectivity index (χ1) is 10.1. The summed E-state index contributed by atoms with van der Waals surface area (Å²) in [7, 11) is 3.77. The van der Waals surface area contributed by atoms with Gasteiger partial charge in [-0.05, 0) is 39.4 Å². The minimum absolute atomic E-state index is 0.0913. The Labute approximate surface area is 125 Å². The van der Waals surface area contributed by atoms with Gasteiger partial charge in [-0.3, -0.25) is 4.90 Å². The van der Waals surface area contributed by atoms with E-state index in [4.69, 9.17) is 9.15 Å². The summed E-state index contributed by atoms with van der Waals surface area (Å²) in [5, 5.41) is 8.32. The van der Waals surface area contributed by atoms with E-state index < -0.39 is 0 Å². The Balaban J connectivity index is 2.03. The lowest BCUT2D eigenvalue weighted by Crippen LogP contribution is -2.24. The highest BCUT2D eigenvalue weighted by atomic mass is 16.5. The molecule has 0 saturated heterocycles. The normalized spacial score (nSPS) is 12.8. The summed E-state index contributed by atoms with van der Waals surface area (Å²) in [4.78, 5) is 2.19. The van der Waals surface area contributed by atoms with E-state index in [1.807, 2.05) is 24.3 Å². The quantitative estimate of drug-likeness (QED) is 0.733. The molecule has 2 aromatic rings. The molecule has 1 aromatic carbocycles. The van der Waals surface area contributed by atoms with Gasteiger partial charge in [0.05, 0.1) is 6.04 Å². The summed E-state index contributed by atoms with van der Waals surface area (Å²) in [6, 6.07) is 8.17. The smallest absolute Gasteiger partial charge is 0.247 e. The maximum atomic E-state index is 5.80. The van der Waals surface area contributed by atoms with Crippen LogP contribution in [0.15, 0.2) is 28.7 Å². The maximum absolute atomic E-state index is 5.80. The first-order valence-corrected chi connectivity index (χ1v) is 7.21. The molecule has 0 N–H and O–H groups in total. The van der Waals surface area contributed by atoms with Gasteiger partial charge in [0, 0.05) is 25.8 Å². The largest absolute Gasteiger partial charge is 0.419 e. The molecule has 1 unspecified atom stereocenters. The van der Waals surface area contributed by atoms with E-state index in [9.17, 15) is 0 Å². The molecule has 1 heterocycles. The van der Waals surface area contributed by atoms with Crippen LogP contribution in [0.25, 0.3) is 11.5 Å². The zero-order valence-corrected chi connectivity index (χ0v) is 13.2. The summed E-state index contributed by atoms with van der Waals surface area (Å²) in [6.45, 7) is 5.81. The molecule has 2 rings (SSSR count). The summed E-state index contributed by atoms with van der Waals surface area (Å²) in [6.07, 6.45) is 0.982. The first kappa shape index (κ1) is 15.7. The summed E-state index contributed by atoms with van der Waals surface area (Å²) in [5.41, 5.74) is 2.17. The van der Waals surface area contributed by atoms with Crippen molar-refractivity contribution in [1.29, 1.82) is 0 Å². The van der Waals surface area contributed by atoms with Gasteiger partial charge in [0.1, 0.15) is 0 Å². The average molecular weight is 289 g/mol. The highest BCUT2D eigenvalue weighted by molar-refractivity contribution is 5.52. The second kappa shape index (κ2) is 7.33. The molecular weight excluding hydrogens is 266 g/mol. The van der Waals surface area contributed by atoms with Crippen molar-refractivity contribution in [3.8, 4) is 11.5 Å². The Morgan fingerprint density at radius 2 is 1.95 bits per heavy atom. The van der Waals surface area contributed by atoms with E-state index in [1.54, 1.807) is 7.11 Å². The zero-order valence-electron chi connectivity index (χ0n) is 13.2. The predicted octanol–water partition coefficient (Wildman–Crippen LogP) is 3.07. The fourth-order valence-electron chi connectivity index (χ4n) is 2.06. The fraction of sp³-hybridized carbons (Fsp3) is 0.500. The number of hydrogen-bond acceptors (Lipinski definition) is 5. The molecule has 0 amide bonds. The number of rotatable bonds is 7. The van der Waals surface area contributed by atoms with Crippen LogP contribution in [-0.2, 0) is 4.74 Å². The first-order valence-electron chi connectivity index (χ1n) is 7.21. The van der Waals surface area contributed by atoms with E-state index in [-0.39, 0.29) is 6.04 Å². The van der Waals surface area contributed by atoms with Crippen LogP contribution in [0.4, 0.5) is 0 Å². The lowest BCUT2D eigenvalue weighted by Gasteiger charge is -2.21. The molecule has 21 heavy (non-hydrogen) atoms. The molecule has 0 bridgehead atoms. The number of ether oxygens (including phenoxy) is 1. The van der Waals surface area contributed by atoms with Crippen LogP contribution < -0.4 is 0 Å². The van der Waals surface area contributed by atoms with Crippen molar-refractivity contribution >= 4 is 0 Å². The number of aromatic nitrogens is 2. The molecule has 1 atom stereocenters. The highest BCUT2D eigenvalue weighted by Gasteiger charge is 2.18. The molecule has 0 spiro atoms. The molecule has 0 aliphatic heterocycles. The van der Waals surface area contributed by atoms with E-state index in [2.05, 4.69) is 36.0 Å². The van der Waals surface area contributed by atoms with Gasteiger partial charge in [-0.1, -0.05) is 17.7 Å². The molecule has 0 aliphatic rings. The van der Waals surface area contributed by atoms with Gasteiger partial charge in [-0.2, -0.15) is 0 Å². The molecule has 0 aliphatic carbocycles.